The molecule has 3 rings (SSSR count). The molecule has 0 unspecified atom stereocenters. The summed E-state index contributed by atoms with van der Waals surface area (Å²) in [6, 6.07) is 12.8. The minimum atomic E-state index is -3.62. The maximum atomic E-state index is 12.2. The number of nitrogens with zero attached hydrogens (tertiary/aromatic N) is 2. The van der Waals surface area contributed by atoms with Crippen molar-refractivity contribution in [3.8, 4) is 0 Å². The van der Waals surface area contributed by atoms with Crippen LogP contribution in [0.2, 0.25) is 0 Å². The monoisotopic (exact) mass is 388 g/mol. The molecule has 0 spiro atoms. The lowest BCUT2D eigenvalue weighted by Crippen LogP contribution is -2.13. The number of thiophene rings is 1. The van der Waals surface area contributed by atoms with Gasteiger partial charge in [-0.3, -0.25) is 4.72 Å². The Hall–Kier alpha value is -2.45. The first-order valence-corrected chi connectivity index (χ1v) is 10.7. The first-order valence-electron chi connectivity index (χ1n) is 8.31. The lowest BCUT2D eigenvalue weighted by molar-refractivity contribution is 0.603. The van der Waals surface area contributed by atoms with E-state index < -0.39 is 10.0 Å². The number of anilines is 3. The molecule has 0 aliphatic heterocycles. The van der Waals surface area contributed by atoms with Crippen molar-refractivity contribution in [2.75, 3.05) is 10.0 Å². The molecule has 0 amide bonds. The maximum absolute atomic E-state index is 12.2. The van der Waals surface area contributed by atoms with Crippen LogP contribution in [-0.4, -0.2) is 18.6 Å². The number of hydrogen-bond acceptors (Lipinski definition) is 6. The molecular formula is C18H20N4O2S2. The maximum Gasteiger partial charge on any atom is 0.272 e. The number of aryl methyl sites for hydroxylation is 2. The Morgan fingerprint density at radius 3 is 2.12 bits per heavy atom. The van der Waals surface area contributed by atoms with E-state index in [9.17, 15) is 8.42 Å². The van der Waals surface area contributed by atoms with Crippen molar-refractivity contribution in [3.05, 3.63) is 59.0 Å². The number of hydrogen-bond donors (Lipinski definition) is 2. The van der Waals surface area contributed by atoms with Gasteiger partial charge in [-0.1, -0.05) is 38.1 Å². The molecule has 8 heteroatoms. The van der Waals surface area contributed by atoms with Gasteiger partial charge in [0.05, 0.1) is 0 Å². The van der Waals surface area contributed by atoms with E-state index in [0.717, 1.165) is 29.9 Å². The van der Waals surface area contributed by atoms with Gasteiger partial charge in [-0.05, 0) is 47.5 Å². The fourth-order valence-corrected chi connectivity index (χ4v) is 4.58. The van der Waals surface area contributed by atoms with Crippen LogP contribution < -0.4 is 10.0 Å². The standard InChI is InChI=1S/C18H20N4O2S2/c1-3-13-7-5-8-14(4-2)18(13)19-15-10-11-16(21-20-15)22-26(23,24)17-9-6-12-25-17/h5-12H,3-4H2,1-2H3,(H,19,20)(H,21,22). The number of para-hydroxylation sites is 1. The molecule has 1 aromatic carbocycles. The first-order chi connectivity index (χ1) is 12.5. The Balaban J connectivity index is 1.79. The number of aromatic nitrogens is 2. The summed E-state index contributed by atoms with van der Waals surface area (Å²) >= 11 is 1.15. The Bertz CT molecular complexity index is 947. The second kappa shape index (κ2) is 7.84. The van der Waals surface area contributed by atoms with Gasteiger partial charge in [-0.15, -0.1) is 21.5 Å². The van der Waals surface area contributed by atoms with E-state index in [1.807, 2.05) is 0 Å². The summed E-state index contributed by atoms with van der Waals surface area (Å²) in [6.45, 7) is 4.21. The predicted octanol–water partition coefficient (Wildman–Crippen LogP) is 4.21. The van der Waals surface area contributed by atoms with Gasteiger partial charge in [0, 0.05) is 5.69 Å². The van der Waals surface area contributed by atoms with Gasteiger partial charge >= 0.3 is 0 Å². The normalized spacial score (nSPS) is 11.3. The third-order valence-electron chi connectivity index (χ3n) is 3.92. The van der Waals surface area contributed by atoms with Crippen LogP contribution in [0.15, 0.2) is 52.1 Å². The fraction of sp³-hybridized carbons (Fsp3) is 0.222. The van der Waals surface area contributed by atoms with Gasteiger partial charge in [0.15, 0.2) is 11.6 Å². The second-order valence-corrected chi connectivity index (χ2v) is 8.48. The van der Waals surface area contributed by atoms with E-state index in [0.29, 0.717) is 5.82 Å². The van der Waals surface area contributed by atoms with Crippen molar-refractivity contribution in [1.29, 1.82) is 0 Å². The van der Waals surface area contributed by atoms with E-state index in [-0.39, 0.29) is 10.0 Å². The minimum absolute atomic E-state index is 0.184. The highest BCUT2D eigenvalue weighted by molar-refractivity contribution is 7.94. The molecule has 0 saturated carbocycles. The van der Waals surface area contributed by atoms with Crippen LogP contribution in [0.4, 0.5) is 17.3 Å². The average molecular weight is 389 g/mol. The zero-order chi connectivity index (χ0) is 18.6. The predicted molar refractivity (Wildman–Crippen MR) is 106 cm³/mol. The molecule has 0 aliphatic carbocycles. The number of sulfonamides is 1. The Morgan fingerprint density at radius 2 is 1.58 bits per heavy atom. The third-order valence-corrected chi connectivity index (χ3v) is 6.67. The van der Waals surface area contributed by atoms with Crippen molar-refractivity contribution >= 4 is 38.7 Å². The minimum Gasteiger partial charge on any atom is -0.338 e. The molecule has 2 aromatic heterocycles. The third kappa shape index (κ3) is 4.03. The van der Waals surface area contributed by atoms with Crippen LogP contribution >= 0.6 is 11.3 Å². The molecule has 6 nitrogen and oxygen atoms in total. The number of rotatable bonds is 7. The van der Waals surface area contributed by atoms with Crippen molar-refractivity contribution in [2.24, 2.45) is 0 Å². The molecule has 2 heterocycles. The van der Waals surface area contributed by atoms with Crippen molar-refractivity contribution in [3.63, 3.8) is 0 Å². The van der Waals surface area contributed by atoms with Gasteiger partial charge in [0.25, 0.3) is 10.0 Å². The van der Waals surface area contributed by atoms with Gasteiger partial charge in [-0.25, -0.2) is 8.42 Å². The van der Waals surface area contributed by atoms with Crippen LogP contribution in [0, 0.1) is 0 Å². The quantitative estimate of drug-likeness (QED) is 0.633. The highest BCUT2D eigenvalue weighted by atomic mass is 32.2. The SMILES string of the molecule is CCc1cccc(CC)c1Nc1ccc(NS(=O)(=O)c2cccs2)nn1. The van der Waals surface area contributed by atoms with Crippen molar-refractivity contribution in [2.45, 2.75) is 30.9 Å². The van der Waals surface area contributed by atoms with Crippen LogP contribution in [-0.2, 0) is 22.9 Å². The lowest BCUT2D eigenvalue weighted by Gasteiger charge is -2.14. The molecule has 0 radical (unpaired) electrons. The molecular weight excluding hydrogens is 368 g/mol. The summed E-state index contributed by atoms with van der Waals surface area (Å²) in [5.41, 5.74) is 3.45. The molecule has 0 bridgehead atoms. The van der Waals surface area contributed by atoms with Gasteiger partial charge < -0.3 is 5.32 Å². The number of nitrogens with one attached hydrogen (secondary N) is 2. The number of benzene rings is 1. The highest BCUT2D eigenvalue weighted by Gasteiger charge is 2.16. The summed E-state index contributed by atoms with van der Waals surface area (Å²) in [5, 5.41) is 13.1. The van der Waals surface area contributed by atoms with E-state index in [4.69, 9.17) is 0 Å². The van der Waals surface area contributed by atoms with Gasteiger partial charge in [0.2, 0.25) is 0 Å². The Kier molecular flexibility index (Phi) is 5.53. The first kappa shape index (κ1) is 18.3. The smallest absolute Gasteiger partial charge is 0.272 e. The summed E-state index contributed by atoms with van der Waals surface area (Å²) in [5.74, 6) is 0.753. The molecule has 26 heavy (non-hydrogen) atoms. The zero-order valence-electron chi connectivity index (χ0n) is 14.6. The topological polar surface area (TPSA) is 84.0 Å². The van der Waals surface area contributed by atoms with Gasteiger partial charge in [-0.2, -0.15) is 0 Å². The van der Waals surface area contributed by atoms with Crippen molar-refractivity contribution < 1.29 is 8.42 Å². The average Bonchev–Trinajstić information content (AvgIpc) is 3.19. The van der Waals surface area contributed by atoms with E-state index in [1.165, 1.54) is 11.1 Å². The summed E-state index contributed by atoms with van der Waals surface area (Å²) in [6.07, 6.45) is 1.81. The molecule has 0 fully saturated rings. The summed E-state index contributed by atoms with van der Waals surface area (Å²) < 4.78 is 27.1. The summed E-state index contributed by atoms with van der Waals surface area (Å²) in [4.78, 5) is 0. The van der Waals surface area contributed by atoms with Crippen LogP contribution in [0.1, 0.15) is 25.0 Å². The molecule has 0 aliphatic rings. The second-order valence-electron chi connectivity index (χ2n) is 5.62. The van der Waals surface area contributed by atoms with E-state index in [1.54, 1.807) is 29.6 Å². The molecule has 2 N–H and O–H groups in total. The molecule has 136 valence electrons. The van der Waals surface area contributed by atoms with E-state index in [2.05, 4.69) is 52.3 Å². The van der Waals surface area contributed by atoms with E-state index >= 15 is 0 Å². The highest BCUT2D eigenvalue weighted by Crippen LogP contribution is 2.26. The fourth-order valence-electron chi connectivity index (χ4n) is 2.59. The van der Waals surface area contributed by atoms with Crippen LogP contribution in [0.25, 0.3) is 0 Å². The molecule has 0 saturated heterocycles. The Morgan fingerprint density at radius 1 is 0.923 bits per heavy atom. The largest absolute Gasteiger partial charge is 0.338 e. The van der Waals surface area contributed by atoms with Crippen molar-refractivity contribution in [1.82, 2.24) is 10.2 Å². The molecule has 0 atom stereocenters. The van der Waals surface area contributed by atoms with Gasteiger partial charge in [0.1, 0.15) is 4.21 Å². The van der Waals surface area contributed by atoms with Crippen LogP contribution in [0.3, 0.4) is 0 Å². The zero-order valence-corrected chi connectivity index (χ0v) is 16.2. The molecule has 3 aromatic rings. The lowest BCUT2D eigenvalue weighted by atomic mass is 10.0. The van der Waals surface area contributed by atoms with Crippen LogP contribution in [0.5, 0.6) is 0 Å². The Labute approximate surface area is 157 Å². The summed E-state index contributed by atoms with van der Waals surface area (Å²) in [7, 11) is -3.62.